The smallest absolute Gasteiger partial charge is 0.315 e. The molecule has 0 bridgehead atoms. The van der Waals surface area contributed by atoms with E-state index in [-0.39, 0.29) is 48.3 Å². The molecule has 12 heteroatoms. The SMILES string of the molecule is C=CCCC(=O)C(=O)C(CCC)CC(=O)[C@@H]1[C@H]2CCC3(CC3)[C@H]2CN1C(=O)[C@@H](NC(=O)N[C@H](CN(C)S(C)(=O)=O)C(C)(C)C)C1(C)CCCCC1. The highest BCUT2D eigenvalue weighted by molar-refractivity contribution is 7.88. The molecule has 0 aromatic carbocycles. The van der Waals surface area contributed by atoms with Crippen molar-refractivity contribution >= 4 is 39.3 Å². The van der Waals surface area contributed by atoms with Crippen LogP contribution in [0.1, 0.15) is 125 Å². The topological polar surface area (TPSA) is 150 Å². The number of Topliss-reactive ketones (excluding diaryl/α,β-unsaturated/α-hetero) is 3. The molecule has 3 aliphatic carbocycles. The zero-order valence-corrected chi connectivity index (χ0v) is 33.0. The molecule has 51 heavy (non-hydrogen) atoms. The molecule has 3 amide bonds. The van der Waals surface area contributed by atoms with Crippen LogP contribution >= 0.6 is 0 Å². The van der Waals surface area contributed by atoms with E-state index in [9.17, 15) is 27.6 Å². The molecule has 1 unspecified atom stereocenters. The van der Waals surface area contributed by atoms with Crippen LogP contribution in [0, 0.1) is 34.0 Å². The number of rotatable bonds is 17. The molecule has 0 aromatic heterocycles. The van der Waals surface area contributed by atoms with Gasteiger partial charge in [-0.25, -0.2) is 17.5 Å². The Labute approximate surface area is 306 Å². The predicted octanol–water partition coefficient (Wildman–Crippen LogP) is 5.43. The van der Waals surface area contributed by atoms with Crippen molar-refractivity contribution in [3.8, 4) is 0 Å². The number of hydrogen-bond donors (Lipinski definition) is 2. The van der Waals surface area contributed by atoms with E-state index in [1.54, 1.807) is 11.0 Å². The third-order valence-electron chi connectivity index (χ3n) is 12.8. The van der Waals surface area contributed by atoms with E-state index in [1.807, 2.05) is 27.7 Å². The molecule has 4 rings (SSSR count). The van der Waals surface area contributed by atoms with Crippen molar-refractivity contribution in [2.45, 2.75) is 143 Å². The molecule has 11 nitrogen and oxygen atoms in total. The summed E-state index contributed by atoms with van der Waals surface area (Å²) in [5, 5.41) is 6.06. The molecule has 1 aliphatic heterocycles. The summed E-state index contributed by atoms with van der Waals surface area (Å²) in [5.74, 6) is -1.95. The van der Waals surface area contributed by atoms with Gasteiger partial charge in [0.25, 0.3) is 0 Å². The van der Waals surface area contributed by atoms with E-state index < -0.39 is 62.5 Å². The van der Waals surface area contributed by atoms with E-state index >= 15 is 4.79 Å². The fourth-order valence-electron chi connectivity index (χ4n) is 9.21. The molecular formula is C39H64N4O7S. The minimum absolute atomic E-state index is 0.0109. The van der Waals surface area contributed by atoms with Gasteiger partial charge in [0, 0.05) is 44.9 Å². The Kier molecular flexibility index (Phi) is 13.1. The molecule has 6 atom stereocenters. The van der Waals surface area contributed by atoms with Crippen molar-refractivity contribution < 1.29 is 32.4 Å². The Bertz CT molecular complexity index is 1440. The van der Waals surface area contributed by atoms with E-state index in [4.69, 9.17) is 0 Å². The first-order chi connectivity index (χ1) is 23.8. The monoisotopic (exact) mass is 732 g/mol. The minimum Gasteiger partial charge on any atom is -0.334 e. The number of amides is 3. The second-order valence-corrected chi connectivity index (χ2v) is 19.7. The average Bonchev–Trinajstić information content (AvgIpc) is 3.62. The Morgan fingerprint density at radius 3 is 2.22 bits per heavy atom. The number of carbonyl (C=O) groups is 5. The lowest BCUT2D eigenvalue weighted by molar-refractivity contribution is -0.144. The summed E-state index contributed by atoms with van der Waals surface area (Å²) in [6.07, 6.45) is 12.6. The van der Waals surface area contributed by atoms with Crippen LogP contribution in [0.15, 0.2) is 12.7 Å². The molecule has 0 aromatic rings. The summed E-state index contributed by atoms with van der Waals surface area (Å²) in [4.78, 5) is 71.2. The number of fused-ring (bicyclic) bond motifs is 2. The fourth-order valence-corrected chi connectivity index (χ4v) is 9.63. The standard InChI is InChI=1S/C39H64N4O7S/c1-9-11-16-29(44)33(46)26(15-10-2)23-30(45)32-27-17-20-39(21-22-39)28(27)24-43(32)35(47)34(38(6)18-13-12-14-19-38)41-36(48)40-31(37(3,4)5)25-42(7)51(8,49)50/h9,26-28,31-32,34H,1,10-25H2,2-8H3,(H2,40,41,48)/t26?,27-,28-,31+,32-,34+/m0/s1. The number of hydrogen-bond acceptors (Lipinski definition) is 7. The first kappa shape index (κ1) is 41.2. The lowest BCUT2D eigenvalue weighted by Gasteiger charge is -2.43. The maximum Gasteiger partial charge on any atom is 0.315 e. The van der Waals surface area contributed by atoms with E-state index in [0.29, 0.717) is 25.8 Å². The van der Waals surface area contributed by atoms with Gasteiger partial charge in [0.2, 0.25) is 21.7 Å². The Morgan fingerprint density at radius 1 is 1.02 bits per heavy atom. The number of likely N-dealkylation sites (tertiary alicyclic amines) is 1. The van der Waals surface area contributed by atoms with Gasteiger partial charge in [0.05, 0.1) is 12.3 Å². The van der Waals surface area contributed by atoms with Gasteiger partial charge in [-0.3, -0.25) is 19.2 Å². The molecule has 0 radical (unpaired) electrons. The predicted molar refractivity (Wildman–Crippen MR) is 198 cm³/mol. The number of likely N-dealkylation sites (N-methyl/N-ethyl adjacent to an activating group) is 1. The molecule has 2 N–H and O–H groups in total. The maximum absolute atomic E-state index is 15.0. The lowest BCUT2D eigenvalue weighted by atomic mass is 9.70. The third-order valence-corrected chi connectivity index (χ3v) is 14.1. The number of sulfonamides is 1. The minimum atomic E-state index is -3.50. The van der Waals surface area contributed by atoms with E-state index in [0.717, 1.165) is 64.0 Å². The largest absolute Gasteiger partial charge is 0.334 e. The van der Waals surface area contributed by atoms with Crippen LogP contribution in [-0.2, 0) is 29.2 Å². The normalized spacial score (nSPS) is 25.5. The van der Waals surface area contributed by atoms with Crippen LogP contribution in [-0.4, -0.2) is 91.4 Å². The van der Waals surface area contributed by atoms with Crippen LogP contribution in [0.2, 0.25) is 0 Å². The van der Waals surface area contributed by atoms with Crippen molar-refractivity contribution in [2.24, 2.45) is 34.0 Å². The van der Waals surface area contributed by atoms with Crippen LogP contribution in [0.3, 0.4) is 0 Å². The summed E-state index contributed by atoms with van der Waals surface area (Å²) in [6, 6.07) is -2.70. The number of allylic oxidation sites excluding steroid dienone is 1. The highest BCUT2D eigenvalue weighted by Gasteiger charge is 2.64. The first-order valence-electron chi connectivity index (χ1n) is 19.3. The van der Waals surface area contributed by atoms with Crippen LogP contribution in [0.5, 0.6) is 0 Å². The number of ketones is 3. The summed E-state index contributed by atoms with van der Waals surface area (Å²) >= 11 is 0. The number of nitrogens with one attached hydrogen (secondary N) is 2. The zero-order chi connectivity index (χ0) is 37.9. The molecule has 1 spiro atoms. The molecule has 1 heterocycles. The maximum atomic E-state index is 15.0. The number of carbonyl (C=O) groups excluding carboxylic acids is 5. The first-order valence-corrected chi connectivity index (χ1v) is 21.1. The van der Waals surface area contributed by atoms with Gasteiger partial charge in [-0.15, -0.1) is 6.58 Å². The quantitative estimate of drug-likeness (QED) is 0.150. The summed E-state index contributed by atoms with van der Waals surface area (Å²) < 4.78 is 25.7. The highest BCUT2D eigenvalue weighted by atomic mass is 32.2. The van der Waals surface area contributed by atoms with Gasteiger partial charge < -0.3 is 15.5 Å². The molecule has 1 saturated heterocycles. The molecule has 4 fully saturated rings. The van der Waals surface area contributed by atoms with Gasteiger partial charge >= 0.3 is 6.03 Å². The Balaban J connectivity index is 1.63. The van der Waals surface area contributed by atoms with Gasteiger partial charge in [-0.05, 0) is 79.4 Å². The summed E-state index contributed by atoms with van der Waals surface area (Å²) in [5.41, 5.74) is -0.890. The fraction of sp³-hybridized carbons (Fsp3) is 0.821. The lowest BCUT2D eigenvalue weighted by Crippen LogP contribution is -2.62. The third kappa shape index (κ3) is 9.50. The van der Waals surface area contributed by atoms with Gasteiger partial charge in [-0.1, -0.05) is 66.4 Å². The van der Waals surface area contributed by atoms with Crippen LogP contribution < -0.4 is 10.6 Å². The molecule has 4 aliphatic rings. The van der Waals surface area contributed by atoms with Gasteiger partial charge in [0.1, 0.15) is 6.04 Å². The van der Waals surface area contributed by atoms with Crippen molar-refractivity contribution in [2.75, 3.05) is 26.4 Å². The molecule has 3 saturated carbocycles. The molecule has 288 valence electrons. The zero-order valence-electron chi connectivity index (χ0n) is 32.2. The second kappa shape index (κ2) is 16.2. The summed E-state index contributed by atoms with van der Waals surface area (Å²) in [6.45, 7) is 13.9. The molecular weight excluding hydrogens is 669 g/mol. The van der Waals surface area contributed by atoms with Crippen molar-refractivity contribution in [3.05, 3.63) is 12.7 Å². The average molecular weight is 733 g/mol. The Hall–Kier alpha value is -2.60. The number of urea groups is 1. The van der Waals surface area contributed by atoms with Gasteiger partial charge in [0.15, 0.2) is 11.6 Å². The second-order valence-electron chi connectivity index (χ2n) is 17.6. The van der Waals surface area contributed by atoms with E-state index in [1.165, 1.54) is 11.4 Å². The summed E-state index contributed by atoms with van der Waals surface area (Å²) in [7, 11) is -2.02. The van der Waals surface area contributed by atoms with Crippen LogP contribution in [0.4, 0.5) is 4.79 Å². The van der Waals surface area contributed by atoms with Crippen molar-refractivity contribution in [3.63, 3.8) is 0 Å². The van der Waals surface area contributed by atoms with Crippen molar-refractivity contribution in [1.82, 2.24) is 19.8 Å². The van der Waals surface area contributed by atoms with Gasteiger partial charge in [-0.2, -0.15) is 0 Å². The van der Waals surface area contributed by atoms with Crippen molar-refractivity contribution in [1.29, 1.82) is 0 Å². The number of nitrogens with zero attached hydrogens (tertiary/aromatic N) is 2. The van der Waals surface area contributed by atoms with E-state index in [2.05, 4.69) is 24.1 Å². The Morgan fingerprint density at radius 2 is 1.67 bits per heavy atom. The van der Waals surface area contributed by atoms with Crippen LogP contribution in [0.25, 0.3) is 0 Å². The highest BCUT2D eigenvalue weighted by Crippen LogP contribution is 2.66.